The molecule has 3 rings (SSSR count). The SMILES string of the molecule is O=C([C@H]1CCS(=O)(=O)C1)N1CCN(c2ccccc2F)CC1. The van der Waals surface area contributed by atoms with E-state index in [2.05, 4.69) is 0 Å². The van der Waals surface area contributed by atoms with Gasteiger partial charge in [-0.3, -0.25) is 4.79 Å². The fraction of sp³-hybridized carbons (Fsp3) is 0.533. The minimum atomic E-state index is -3.05. The van der Waals surface area contributed by atoms with Crippen LogP contribution in [-0.4, -0.2) is 56.9 Å². The van der Waals surface area contributed by atoms with Gasteiger partial charge in [-0.2, -0.15) is 0 Å². The third kappa shape index (κ3) is 3.09. The molecule has 7 heteroatoms. The number of halogens is 1. The number of rotatable bonds is 2. The number of hydrogen-bond acceptors (Lipinski definition) is 4. The molecule has 2 aliphatic rings. The lowest BCUT2D eigenvalue weighted by molar-refractivity contribution is -0.135. The molecule has 2 heterocycles. The van der Waals surface area contributed by atoms with Gasteiger partial charge in [0, 0.05) is 26.2 Å². The summed E-state index contributed by atoms with van der Waals surface area (Å²) >= 11 is 0. The molecule has 5 nitrogen and oxygen atoms in total. The molecule has 2 fully saturated rings. The van der Waals surface area contributed by atoms with E-state index in [0.717, 1.165) is 0 Å². The fourth-order valence-corrected chi connectivity index (χ4v) is 4.86. The first-order valence-corrected chi connectivity index (χ1v) is 9.27. The van der Waals surface area contributed by atoms with Gasteiger partial charge in [-0.15, -0.1) is 0 Å². The molecule has 1 aromatic carbocycles. The number of benzene rings is 1. The molecule has 0 saturated carbocycles. The summed E-state index contributed by atoms with van der Waals surface area (Å²) in [6.07, 6.45) is 0.425. The Morgan fingerprint density at radius 2 is 1.82 bits per heavy atom. The molecule has 0 bridgehead atoms. The Labute approximate surface area is 129 Å². The van der Waals surface area contributed by atoms with E-state index in [1.54, 1.807) is 23.1 Å². The summed E-state index contributed by atoms with van der Waals surface area (Å²) in [7, 11) is -3.05. The van der Waals surface area contributed by atoms with E-state index in [4.69, 9.17) is 0 Å². The van der Waals surface area contributed by atoms with E-state index in [0.29, 0.717) is 38.3 Å². The van der Waals surface area contributed by atoms with E-state index in [-0.39, 0.29) is 23.2 Å². The predicted octanol–water partition coefficient (Wildman–Crippen LogP) is 0.909. The van der Waals surface area contributed by atoms with Gasteiger partial charge in [-0.1, -0.05) is 12.1 Å². The van der Waals surface area contributed by atoms with Crippen molar-refractivity contribution >= 4 is 21.4 Å². The Hall–Kier alpha value is -1.63. The van der Waals surface area contributed by atoms with Crippen LogP contribution in [0, 0.1) is 11.7 Å². The first-order chi connectivity index (χ1) is 10.5. The van der Waals surface area contributed by atoms with Gasteiger partial charge in [0.2, 0.25) is 5.91 Å². The number of sulfone groups is 1. The van der Waals surface area contributed by atoms with E-state index < -0.39 is 15.8 Å². The van der Waals surface area contributed by atoms with E-state index in [1.165, 1.54) is 6.07 Å². The van der Waals surface area contributed by atoms with Crippen LogP contribution in [0.3, 0.4) is 0 Å². The van der Waals surface area contributed by atoms with Crippen molar-refractivity contribution in [2.45, 2.75) is 6.42 Å². The number of nitrogens with zero attached hydrogens (tertiary/aromatic N) is 2. The molecule has 2 aliphatic heterocycles. The van der Waals surface area contributed by atoms with Crippen molar-refractivity contribution in [3.63, 3.8) is 0 Å². The molecule has 1 aromatic rings. The number of carbonyl (C=O) groups is 1. The summed E-state index contributed by atoms with van der Waals surface area (Å²) in [5.41, 5.74) is 0.554. The second-order valence-corrected chi connectivity index (χ2v) is 8.09. The van der Waals surface area contributed by atoms with Crippen molar-refractivity contribution in [1.82, 2.24) is 4.90 Å². The van der Waals surface area contributed by atoms with Crippen LogP contribution < -0.4 is 4.90 Å². The summed E-state index contributed by atoms with van der Waals surface area (Å²) < 4.78 is 36.7. The van der Waals surface area contributed by atoms with Crippen LogP contribution in [0.2, 0.25) is 0 Å². The van der Waals surface area contributed by atoms with Crippen molar-refractivity contribution in [2.24, 2.45) is 5.92 Å². The summed E-state index contributed by atoms with van der Waals surface area (Å²) in [6, 6.07) is 6.60. The molecule has 0 radical (unpaired) electrons. The smallest absolute Gasteiger partial charge is 0.226 e. The second kappa shape index (κ2) is 5.87. The quantitative estimate of drug-likeness (QED) is 0.811. The molecule has 0 aliphatic carbocycles. The number of amides is 1. The summed E-state index contributed by atoms with van der Waals surface area (Å²) in [5.74, 6) is -0.652. The van der Waals surface area contributed by atoms with Gasteiger partial charge in [0.1, 0.15) is 5.82 Å². The topological polar surface area (TPSA) is 57.7 Å². The molecule has 0 N–H and O–H groups in total. The highest BCUT2D eigenvalue weighted by atomic mass is 32.2. The minimum absolute atomic E-state index is 0.0284. The zero-order valence-electron chi connectivity index (χ0n) is 12.2. The molecule has 1 amide bonds. The first-order valence-electron chi connectivity index (χ1n) is 7.45. The first kappa shape index (κ1) is 15.3. The lowest BCUT2D eigenvalue weighted by Gasteiger charge is -2.37. The van der Waals surface area contributed by atoms with Crippen molar-refractivity contribution < 1.29 is 17.6 Å². The van der Waals surface area contributed by atoms with Crippen LogP contribution >= 0.6 is 0 Å². The molecular formula is C15H19FN2O3S. The van der Waals surface area contributed by atoms with E-state index in [1.807, 2.05) is 4.90 Å². The van der Waals surface area contributed by atoms with Crippen LogP contribution in [0.15, 0.2) is 24.3 Å². The average Bonchev–Trinajstić information content (AvgIpc) is 2.87. The third-order valence-electron chi connectivity index (χ3n) is 4.37. The monoisotopic (exact) mass is 326 g/mol. The maximum atomic E-state index is 13.8. The maximum absolute atomic E-state index is 13.8. The van der Waals surface area contributed by atoms with Gasteiger partial charge in [-0.25, -0.2) is 12.8 Å². The fourth-order valence-electron chi connectivity index (χ4n) is 3.12. The van der Waals surface area contributed by atoms with Crippen LogP contribution in [0.1, 0.15) is 6.42 Å². The summed E-state index contributed by atoms with van der Waals surface area (Å²) in [4.78, 5) is 16.0. The van der Waals surface area contributed by atoms with Crippen molar-refractivity contribution in [2.75, 3.05) is 42.6 Å². The van der Waals surface area contributed by atoms with Crippen LogP contribution in [0.25, 0.3) is 0 Å². The van der Waals surface area contributed by atoms with E-state index in [9.17, 15) is 17.6 Å². The Balaban J connectivity index is 1.60. The number of para-hydroxylation sites is 1. The second-order valence-electron chi connectivity index (χ2n) is 5.86. The number of carbonyl (C=O) groups excluding carboxylic acids is 1. The van der Waals surface area contributed by atoms with Crippen LogP contribution in [0.5, 0.6) is 0 Å². The molecule has 0 unspecified atom stereocenters. The van der Waals surface area contributed by atoms with Gasteiger partial charge in [0.15, 0.2) is 9.84 Å². The Bertz CT molecular complexity index is 669. The third-order valence-corrected chi connectivity index (χ3v) is 6.13. The molecule has 22 heavy (non-hydrogen) atoms. The number of anilines is 1. The molecule has 1 atom stereocenters. The highest BCUT2D eigenvalue weighted by Gasteiger charge is 2.36. The largest absolute Gasteiger partial charge is 0.366 e. The Morgan fingerprint density at radius 1 is 1.14 bits per heavy atom. The molecule has 2 saturated heterocycles. The lowest BCUT2D eigenvalue weighted by Crippen LogP contribution is -2.50. The van der Waals surface area contributed by atoms with Crippen molar-refractivity contribution in [3.8, 4) is 0 Å². The predicted molar refractivity (Wildman–Crippen MR) is 82.0 cm³/mol. The zero-order valence-corrected chi connectivity index (χ0v) is 13.1. The van der Waals surface area contributed by atoms with Gasteiger partial charge >= 0.3 is 0 Å². The molecule has 0 aromatic heterocycles. The number of piperazine rings is 1. The normalized spacial score (nSPS) is 24.5. The van der Waals surface area contributed by atoms with Gasteiger partial charge in [0.25, 0.3) is 0 Å². The maximum Gasteiger partial charge on any atom is 0.226 e. The summed E-state index contributed by atoms with van der Waals surface area (Å²) in [6.45, 7) is 2.13. The summed E-state index contributed by atoms with van der Waals surface area (Å²) in [5, 5.41) is 0. The van der Waals surface area contributed by atoms with Crippen molar-refractivity contribution in [3.05, 3.63) is 30.1 Å². The number of hydrogen-bond donors (Lipinski definition) is 0. The van der Waals surface area contributed by atoms with Gasteiger partial charge in [-0.05, 0) is 18.6 Å². The van der Waals surface area contributed by atoms with Crippen LogP contribution in [-0.2, 0) is 14.6 Å². The molecular weight excluding hydrogens is 307 g/mol. The van der Waals surface area contributed by atoms with Crippen LogP contribution in [0.4, 0.5) is 10.1 Å². The highest BCUT2D eigenvalue weighted by Crippen LogP contribution is 2.23. The Kier molecular flexibility index (Phi) is 4.08. The standard InChI is InChI=1S/C15H19FN2O3S/c16-13-3-1-2-4-14(13)17-6-8-18(9-7-17)15(19)12-5-10-22(20,21)11-12/h1-4,12H,5-11H2/t12-/m0/s1. The molecule has 120 valence electrons. The molecule has 0 spiro atoms. The van der Waals surface area contributed by atoms with Gasteiger partial charge in [0.05, 0.1) is 23.1 Å². The Morgan fingerprint density at radius 3 is 2.41 bits per heavy atom. The lowest BCUT2D eigenvalue weighted by atomic mass is 10.1. The van der Waals surface area contributed by atoms with Gasteiger partial charge < -0.3 is 9.80 Å². The van der Waals surface area contributed by atoms with E-state index >= 15 is 0 Å². The minimum Gasteiger partial charge on any atom is -0.366 e. The van der Waals surface area contributed by atoms with Crippen molar-refractivity contribution in [1.29, 1.82) is 0 Å². The zero-order chi connectivity index (χ0) is 15.7. The average molecular weight is 326 g/mol. The highest BCUT2D eigenvalue weighted by molar-refractivity contribution is 7.91.